The lowest BCUT2D eigenvalue weighted by atomic mass is 10.0. The van der Waals surface area contributed by atoms with Crippen molar-refractivity contribution in [1.82, 2.24) is 9.13 Å². The summed E-state index contributed by atoms with van der Waals surface area (Å²) < 4.78 is 4.59. The van der Waals surface area contributed by atoms with Gasteiger partial charge in [0.2, 0.25) is 0 Å². The quantitative estimate of drug-likeness (QED) is 0.228. The van der Waals surface area contributed by atoms with Crippen LogP contribution in [0.3, 0.4) is 0 Å². The number of hydrogen-bond donors (Lipinski definition) is 2. The van der Waals surface area contributed by atoms with Crippen LogP contribution in [0.4, 0.5) is 0 Å². The molecule has 6 aromatic carbocycles. The Bertz CT molecular complexity index is 2090. The maximum absolute atomic E-state index is 9.70. The van der Waals surface area contributed by atoms with Crippen LogP contribution >= 0.6 is 0 Å². The van der Waals surface area contributed by atoms with Gasteiger partial charge in [-0.1, -0.05) is 72.8 Å². The molecule has 0 unspecified atom stereocenters. The van der Waals surface area contributed by atoms with E-state index in [4.69, 9.17) is 0 Å². The number of aliphatic hydroxyl groups excluding tert-OH is 2. The zero-order valence-corrected chi connectivity index (χ0v) is 22.9. The third kappa shape index (κ3) is 3.77. The number of rotatable bonds is 5. The van der Waals surface area contributed by atoms with E-state index in [1.54, 1.807) is 0 Å². The summed E-state index contributed by atoms with van der Waals surface area (Å²) in [6, 6.07) is 46.7. The summed E-state index contributed by atoms with van der Waals surface area (Å²) in [5, 5.41) is 24.1. The van der Waals surface area contributed by atoms with Crippen molar-refractivity contribution in [3.05, 3.63) is 145 Å². The van der Waals surface area contributed by atoms with Crippen LogP contribution in [-0.4, -0.2) is 19.3 Å². The first kappa shape index (κ1) is 24.6. The number of hydrogen-bond acceptors (Lipinski definition) is 2. The van der Waals surface area contributed by atoms with Crippen LogP contribution in [0.25, 0.3) is 66.1 Å². The second-order valence-electron chi connectivity index (χ2n) is 10.8. The highest BCUT2D eigenvalue weighted by Crippen LogP contribution is 2.35. The first-order chi connectivity index (χ1) is 20.7. The Kier molecular flexibility index (Phi) is 5.71. The maximum Gasteiger partial charge on any atom is 0.0682 e. The van der Waals surface area contributed by atoms with Gasteiger partial charge in [-0.05, 0) is 82.9 Å². The number of para-hydroxylation sites is 2. The second kappa shape index (κ2) is 9.74. The Morgan fingerprint density at radius 3 is 1.17 bits per heavy atom. The number of nitrogens with zero attached hydrogens (tertiary/aromatic N) is 2. The summed E-state index contributed by atoms with van der Waals surface area (Å²) in [6.45, 7) is 0.0642. The maximum atomic E-state index is 9.70. The molecule has 0 saturated heterocycles. The van der Waals surface area contributed by atoms with E-state index in [9.17, 15) is 10.2 Å². The molecule has 0 aliphatic carbocycles. The largest absolute Gasteiger partial charge is 0.392 e. The van der Waals surface area contributed by atoms with Gasteiger partial charge in [0.1, 0.15) is 0 Å². The molecule has 42 heavy (non-hydrogen) atoms. The van der Waals surface area contributed by atoms with Crippen LogP contribution in [0.1, 0.15) is 11.1 Å². The molecule has 2 N–H and O–H groups in total. The summed E-state index contributed by atoms with van der Waals surface area (Å²) in [6.07, 6.45) is 0. The van der Waals surface area contributed by atoms with E-state index in [2.05, 4.69) is 130 Å². The summed E-state index contributed by atoms with van der Waals surface area (Å²) >= 11 is 0. The van der Waals surface area contributed by atoms with Crippen molar-refractivity contribution in [3.63, 3.8) is 0 Å². The molecule has 2 aromatic heterocycles. The summed E-state index contributed by atoms with van der Waals surface area (Å²) in [4.78, 5) is 0. The molecule has 0 radical (unpaired) electrons. The molecule has 2 heterocycles. The average molecular weight is 545 g/mol. The third-order valence-corrected chi connectivity index (χ3v) is 8.42. The molecule has 0 amide bonds. The topological polar surface area (TPSA) is 50.3 Å². The standard InChI is InChI=1S/C38H28N2O2/c41-23-25-9-19-37-33(21-25)31-5-1-3-7-35(31)39(37)29-15-11-27(12-16-29)28-13-17-30(18-14-28)40-36-8-4-2-6-32(36)34-22-26(24-42)10-20-38(34)40/h1-22,41-42H,23-24H2. The Hall–Kier alpha value is -5.16. The minimum absolute atomic E-state index is 0.0321. The molecular formula is C38H28N2O2. The minimum Gasteiger partial charge on any atom is -0.392 e. The Morgan fingerprint density at radius 1 is 0.381 bits per heavy atom. The van der Waals surface area contributed by atoms with Crippen LogP contribution in [0.15, 0.2) is 133 Å². The molecule has 0 aliphatic heterocycles. The molecule has 0 bridgehead atoms. The molecule has 0 saturated carbocycles. The Labute approximate surface area is 242 Å². The van der Waals surface area contributed by atoms with Crippen molar-refractivity contribution in [2.75, 3.05) is 0 Å². The van der Waals surface area contributed by atoms with E-state index in [1.165, 1.54) is 10.8 Å². The lowest BCUT2D eigenvalue weighted by Gasteiger charge is -2.11. The highest BCUT2D eigenvalue weighted by Gasteiger charge is 2.14. The normalized spacial score (nSPS) is 11.8. The van der Waals surface area contributed by atoms with Crippen molar-refractivity contribution in [2.45, 2.75) is 13.2 Å². The fraction of sp³-hybridized carbons (Fsp3) is 0.0526. The van der Waals surface area contributed by atoms with Crippen LogP contribution in [0, 0.1) is 0 Å². The lowest BCUT2D eigenvalue weighted by molar-refractivity contribution is 0.282. The van der Waals surface area contributed by atoms with Gasteiger partial charge < -0.3 is 19.3 Å². The van der Waals surface area contributed by atoms with Gasteiger partial charge in [0, 0.05) is 32.9 Å². The van der Waals surface area contributed by atoms with Crippen LogP contribution < -0.4 is 0 Å². The predicted octanol–water partition coefficient (Wildman–Crippen LogP) is 8.53. The minimum atomic E-state index is 0.0321. The SMILES string of the molecule is OCc1ccc2c(c1)c1ccccc1n2-c1ccc(-c2ccc(-n3c4ccccc4c4cc(CO)ccc43)cc2)cc1. The molecule has 0 atom stereocenters. The highest BCUT2D eigenvalue weighted by molar-refractivity contribution is 6.10. The molecule has 0 aliphatic rings. The zero-order valence-electron chi connectivity index (χ0n) is 22.9. The van der Waals surface area contributed by atoms with Gasteiger partial charge in [-0.15, -0.1) is 0 Å². The lowest BCUT2D eigenvalue weighted by Crippen LogP contribution is -1.95. The molecule has 4 nitrogen and oxygen atoms in total. The van der Waals surface area contributed by atoms with Gasteiger partial charge >= 0.3 is 0 Å². The predicted molar refractivity (Wildman–Crippen MR) is 172 cm³/mol. The van der Waals surface area contributed by atoms with Gasteiger partial charge in [0.25, 0.3) is 0 Å². The average Bonchev–Trinajstić information content (AvgIpc) is 3.57. The van der Waals surface area contributed by atoms with E-state index < -0.39 is 0 Å². The molecule has 0 spiro atoms. The summed E-state index contributed by atoms with van der Waals surface area (Å²) in [5.41, 5.74) is 10.9. The van der Waals surface area contributed by atoms with Crippen LogP contribution in [-0.2, 0) is 13.2 Å². The fourth-order valence-corrected chi connectivity index (χ4v) is 6.40. The third-order valence-electron chi connectivity index (χ3n) is 8.42. The van der Waals surface area contributed by atoms with Gasteiger partial charge in [-0.2, -0.15) is 0 Å². The molecule has 202 valence electrons. The molecule has 4 heteroatoms. The first-order valence-electron chi connectivity index (χ1n) is 14.2. The molecule has 8 aromatic rings. The summed E-state index contributed by atoms with van der Waals surface area (Å²) in [7, 11) is 0. The second-order valence-corrected chi connectivity index (χ2v) is 10.8. The van der Waals surface area contributed by atoms with Gasteiger partial charge in [-0.25, -0.2) is 0 Å². The number of fused-ring (bicyclic) bond motifs is 6. The highest BCUT2D eigenvalue weighted by atomic mass is 16.3. The van der Waals surface area contributed by atoms with E-state index in [0.29, 0.717) is 0 Å². The monoisotopic (exact) mass is 544 g/mol. The fourth-order valence-electron chi connectivity index (χ4n) is 6.40. The van der Waals surface area contributed by atoms with E-state index >= 15 is 0 Å². The Morgan fingerprint density at radius 2 is 0.762 bits per heavy atom. The van der Waals surface area contributed by atoms with Crippen molar-refractivity contribution in [3.8, 4) is 22.5 Å². The van der Waals surface area contributed by atoms with Gasteiger partial charge in [-0.3, -0.25) is 0 Å². The number of benzene rings is 6. The van der Waals surface area contributed by atoms with Crippen molar-refractivity contribution >= 4 is 43.6 Å². The van der Waals surface area contributed by atoms with Crippen molar-refractivity contribution in [2.24, 2.45) is 0 Å². The summed E-state index contributed by atoms with van der Waals surface area (Å²) in [5.74, 6) is 0. The Balaban J connectivity index is 1.18. The molecule has 8 rings (SSSR count). The molecule has 0 fully saturated rings. The first-order valence-corrected chi connectivity index (χ1v) is 14.2. The molecular weight excluding hydrogens is 516 g/mol. The smallest absolute Gasteiger partial charge is 0.0682 e. The van der Waals surface area contributed by atoms with Crippen LogP contribution in [0.2, 0.25) is 0 Å². The zero-order chi connectivity index (χ0) is 28.2. The van der Waals surface area contributed by atoms with E-state index in [-0.39, 0.29) is 13.2 Å². The van der Waals surface area contributed by atoms with Gasteiger partial charge in [0.05, 0.1) is 35.3 Å². The number of aromatic nitrogens is 2. The van der Waals surface area contributed by atoms with Crippen molar-refractivity contribution in [1.29, 1.82) is 0 Å². The van der Waals surface area contributed by atoms with Gasteiger partial charge in [0.15, 0.2) is 0 Å². The number of aliphatic hydroxyl groups is 2. The van der Waals surface area contributed by atoms with Crippen LogP contribution in [0.5, 0.6) is 0 Å². The van der Waals surface area contributed by atoms with Crippen molar-refractivity contribution < 1.29 is 10.2 Å². The van der Waals surface area contributed by atoms with E-state index in [1.807, 2.05) is 12.1 Å². The van der Waals surface area contributed by atoms with E-state index in [0.717, 1.165) is 66.5 Å².